The van der Waals surface area contributed by atoms with E-state index in [0.29, 0.717) is 38.8 Å². The van der Waals surface area contributed by atoms with Gasteiger partial charge in [-0.1, -0.05) is 91.0 Å². The largest absolute Gasteiger partial charge is 0.354 e. The third-order valence-electron chi connectivity index (χ3n) is 6.92. The highest BCUT2D eigenvalue weighted by Crippen LogP contribution is 2.35. The van der Waals surface area contributed by atoms with Crippen LogP contribution in [0.15, 0.2) is 91.0 Å². The first kappa shape index (κ1) is 27.6. The summed E-state index contributed by atoms with van der Waals surface area (Å²) in [5.41, 5.74) is 1.51. The quantitative estimate of drug-likeness (QED) is 0.272. The molecule has 1 atom stereocenters. The van der Waals surface area contributed by atoms with Gasteiger partial charge < -0.3 is 16.0 Å². The SMILES string of the molecule is CC(=O)N[C@@H](CCc1ccccc1)C(=O)NCCCCN1C(=N)NC(c2ccccc2)(c2ccccc2)C1=O. The highest BCUT2D eigenvalue weighted by Gasteiger charge is 2.51. The van der Waals surface area contributed by atoms with Crippen molar-refractivity contribution in [1.29, 1.82) is 5.41 Å². The number of rotatable bonds is 12. The van der Waals surface area contributed by atoms with Gasteiger partial charge in [-0.2, -0.15) is 0 Å². The molecule has 1 saturated heterocycles. The molecule has 1 heterocycles. The van der Waals surface area contributed by atoms with Crippen LogP contribution in [-0.2, 0) is 26.3 Å². The number of unbranched alkanes of at least 4 members (excludes halogenated alkanes) is 1. The van der Waals surface area contributed by atoms with E-state index in [1.54, 1.807) is 0 Å². The number of nitrogens with one attached hydrogen (secondary N) is 4. The number of carbonyl (C=O) groups excluding carboxylic acids is 3. The van der Waals surface area contributed by atoms with Gasteiger partial charge in [0.15, 0.2) is 11.5 Å². The van der Waals surface area contributed by atoms with E-state index in [4.69, 9.17) is 5.41 Å². The van der Waals surface area contributed by atoms with Crippen molar-refractivity contribution in [3.05, 3.63) is 108 Å². The summed E-state index contributed by atoms with van der Waals surface area (Å²) in [5, 5.41) is 17.4. The standard InChI is InChI=1S/C31H35N5O3/c1-23(37)34-27(20-19-24-13-5-2-6-14-24)28(38)33-21-11-12-22-36-29(39)31(35-30(36)32,25-15-7-3-8-16-25)26-17-9-4-10-18-26/h2-10,13-18,27H,11-12,19-22H2,1H3,(H2,32,35)(H,33,38)(H,34,37)/t27-/m0/s1. The molecule has 0 spiro atoms. The number of nitrogens with zero attached hydrogens (tertiary/aromatic N) is 1. The monoisotopic (exact) mass is 525 g/mol. The average molecular weight is 526 g/mol. The van der Waals surface area contributed by atoms with Gasteiger partial charge >= 0.3 is 0 Å². The normalized spacial score (nSPS) is 14.9. The zero-order valence-corrected chi connectivity index (χ0v) is 22.2. The smallest absolute Gasteiger partial charge is 0.264 e. The van der Waals surface area contributed by atoms with Crippen LogP contribution in [0.2, 0.25) is 0 Å². The van der Waals surface area contributed by atoms with Gasteiger partial charge in [-0.15, -0.1) is 0 Å². The number of carbonyl (C=O) groups is 3. The van der Waals surface area contributed by atoms with Gasteiger partial charge in [-0.3, -0.25) is 24.7 Å². The lowest BCUT2D eigenvalue weighted by Gasteiger charge is -2.28. The molecule has 1 fully saturated rings. The number of amides is 3. The predicted molar refractivity (Wildman–Crippen MR) is 151 cm³/mol. The Morgan fingerprint density at radius 3 is 2.03 bits per heavy atom. The second kappa shape index (κ2) is 12.9. The number of aryl methyl sites for hydroxylation is 1. The summed E-state index contributed by atoms with van der Waals surface area (Å²) in [6.07, 6.45) is 2.40. The third kappa shape index (κ3) is 6.52. The number of hydrogen-bond acceptors (Lipinski definition) is 4. The zero-order valence-electron chi connectivity index (χ0n) is 22.2. The molecule has 0 unspecified atom stereocenters. The molecule has 0 aliphatic carbocycles. The Hall–Kier alpha value is -4.46. The Morgan fingerprint density at radius 2 is 1.46 bits per heavy atom. The van der Waals surface area contributed by atoms with Gasteiger partial charge in [-0.25, -0.2) is 0 Å². The van der Waals surface area contributed by atoms with Crippen LogP contribution in [0.3, 0.4) is 0 Å². The van der Waals surface area contributed by atoms with E-state index in [0.717, 1.165) is 16.7 Å². The highest BCUT2D eigenvalue weighted by atomic mass is 16.2. The molecule has 8 heteroatoms. The van der Waals surface area contributed by atoms with E-state index < -0.39 is 11.6 Å². The summed E-state index contributed by atoms with van der Waals surface area (Å²) in [4.78, 5) is 39.7. The van der Waals surface area contributed by atoms with Crippen LogP contribution in [0.5, 0.6) is 0 Å². The molecule has 1 aliphatic heterocycles. The fraction of sp³-hybridized carbons (Fsp3) is 0.290. The maximum absolute atomic E-state index is 13.8. The van der Waals surface area contributed by atoms with E-state index in [-0.39, 0.29) is 23.7 Å². The minimum atomic E-state index is -1.15. The van der Waals surface area contributed by atoms with Crippen molar-refractivity contribution in [2.75, 3.05) is 13.1 Å². The zero-order chi connectivity index (χ0) is 27.7. The van der Waals surface area contributed by atoms with Crippen LogP contribution in [-0.4, -0.2) is 47.7 Å². The van der Waals surface area contributed by atoms with E-state index in [9.17, 15) is 14.4 Å². The molecule has 4 N–H and O–H groups in total. The summed E-state index contributed by atoms with van der Waals surface area (Å²) < 4.78 is 0. The Labute approximate surface area is 229 Å². The summed E-state index contributed by atoms with van der Waals surface area (Å²) in [6, 6.07) is 28.2. The van der Waals surface area contributed by atoms with Crippen molar-refractivity contribution in [3.63, 3.8) is 0 Å². The molecule has 4 rings (SSSR count). The second-order valence-corrected chi connectivity index (χ2v) is 9.69. The first-order chi connectivity index (χ1) is 18.9. The fourth-order valence-electron chi connectivity index (χ4n) is 4.95. The Kier molecular flexibility index (Phi) is 9.10. The lowest BCUT2D eigenvalue weighted by Crippen LogP contribution is -2.46. The summed E-state index contributed by atoms with van der Waals surface area (Å²) in [5.74, 6) is -0.606. The number of benzene rings is 3. The molecule has 1 aliphatic rings. The van der Waals surface area contributed by atoms with Gasteiger partial charge in [0.2, 0.25) is 11.8 Å². The predicted octanol–water partition coefficient (Wildman–Crippen LogP) is 3.33. The highest BCUT2D eigenvalue weighted by molar-refractivity contribution is 6.10. The van der Waals surface area contributed by atoms with E-state index in [2.05, 4.69) is 16.0 Å². The van der Waals surface area contributed by atoms with Gasteiger partial charge in [0.25, 0.3) is 5.91 Å². The number of hydrogen-bond donors (Lipinski definition) is 4. The number of guanidine groups is 1. The topological polar surface area (TPSA) is 114 Å². The minimum absolute atomic E-state index is 0.0587. The average Bonchev–Trinajstić information content (AvgIpc) is 3.22. The van der Waals surface area contributed by atoms with Crippen LogP contribution in [0.25, 0.3) is 0 Å². The maximum atomic E-state index is 13.8. The molecule has 202 valence electrons. The van der Waals surface area contributed by atoms with Crippen LogP contribution in [0.4, 0.5) is 0 Å². The van der Waals surface area contributed by atoms with Crippen molar-refractivity contribution in [2.24, 2.45) is 0 Å². The van der Waals surface area contributed by atoms with Crippen molar-refractivity contribution in [2.45, 2.75) is 44.2 Å². The molecular weight excluding hydrogens is 490 g/mol. The van der Waals surface area contributed by atoms with E-state index >= 15 is 0 Å². The molecule has 0 radical (unpaired) electrons. The second-order valence-electron chi connectivity index (χ2n) is 9.69. The first-order valence-electron chi connectivity index (χ1n) is 13.3. The Morgan fingerprint density at radius 1 is 0.897 bits per heavy atom. The van der Waals surface area contributed by atoms with Gasteiger partial charge in [0.05, 0.1) is 0 Å². The molecule has 8 nitrogen and oxygen atoms in total. The van der Waals surface area contributed by atoms with Crippen LogP contribution in [0.1, 0.15) is 42.9 Å². The van der Waals surface area contributed by atoms with Gasteiger partial charge in [-0.05, 0) is 42.4 Å². The van der Waals surface area contributed by atoms with E-state index in [1.165, 1.54) is 11.8 Å². The third-order valence-corrected chi connectivity index (χ3v) is 6.92. The summed E-state index contributed by atoms with van der Waals surface area (Å²) in [7, 11) is 0. The van der Waals surface area contributed by atoms with Crippen molar-refractivity contribution in [3.8, 4) is 0 Å². The lowest BCUT2D eigenvalue weighted by atomic mass is 9.82. The van der Waals surface area contributed by atoms with Crippen molar-refractivity contribution < 1.29 is 14.4 Å². The van der Waals surface area contributed by atoms with Crippen molar-refractivity contribution in [1.82, 2.24) is 20.9 Å². The van der Waals surface area contributed by atoms with Crippen LogP contribution >= 0.6 is 0 Å². The molecule has 3 aromatic rings. The molecular formula is C31H35N5O3. The molecule has 0 bridgehead atoms. The van der Waals surface area contributed by atoms with Crippen LogP contribution < -0.4 is 16.0 Å². The van der Waals surface area contributed by atoms with Gasteiger partial charge in [0.1, 0.15) is 6.04 Å². The molecule has 3 amide bonds. The van der Waals surface area contributed by atoms with E-state index in [1.807, 2.05) is 91.0 Å². The summed E-state index contributed by atoms with van der Waals surface area (Å²) >= 11 is 0. The lowest BCUT2D eigenvalue weighted by molar-refractivity contribution is -0.130. The van der Waals surface area contributed by atoms with Crippen LogP contribution in [0, 0.1) is 5.41 Å². The Bertz CT molecular complexity index is 1240. The Balaban J connectivity index is 1.32. The summed E-state index contributed by atoms with van der Waals surface area (Å²) in [6.45, 7) is 2.17. The molecule has 0 saturated carbocycles. The molecule has 0 aromatic heterocycles. The maximum Gasteiger partial charge on any atom is 0.264 e. The first-order valence-corrected chi connectivity index (χ1v) is 13.3. The van der Waals surface area contributed by atoms with Gasteiger partial charge in [0, 0.05) is 20.0 Å². The molecule has 39 heavy (non-hydrogen) atoms. The fourth-order valence-corrected chi connectivity index (χ4v) is 4.95. The minimum Gasteiger partial charge on any atom is -0.354 e. The van der Waals surface area contributed by atoms with Crippen molar-refractivity contribution >= 4 is 23.7 Å². The molecule has 3 aromatic carbocycles.